The molecule has 0 aliphatic heterocycles. The third kappa shape index (κ3) is 3.62. The van der Waals surface area contributed by atoms with Gasteiger partial charge in [0, 0.05) is 6.04 Å². The van der Waals surface area contributed by atoms with Gasteiger partial charge in [-0.1, -0.05) is 6.92 Å². The Kier molecular flexibility index (Phi) is 4.77. The topological polar surface area (TPSA) is 132 Å². The number of nitrogens with zero attached hydrogens (tertiary/aromatic N) is 3. The van der Waals surface area contributed by atoms with Crippen molar-refractivity contribution >= 4 is 23.3 Å². The normalized spacial score (nSPS) is 11.9. The van der Waals surface area contributed by atoms with Crippen molar-refractivity contribution in [3.8, 4) is 0 Å². The van der Waals surface area contributed by atoms with E-state index in [1.54, 1.807) is 12.1 Å². The minimum absolute atomic E-state index is 0.0553. The molecule has 118 valence electrons. The molecule has 1 atom stereocenters. The molecule has 0 spiro atoms. The van der Waals surface area contributed by atoms with Crippen molar-refractivity contribution in [2.45, 2.75) is 32.9 Å². The van der Waals surface area contributed by atoms with Crippen molar-refractivity contribution < 1.29 is 9.34 Å². The van der Waals surface area contributed by atoms with E-state index in [0.29, 0.717) is 5.76 Å². The molecule has 0 amide bonds. The number of furan rings is 1. The molecule has 9 nitrogen and oxygen atoms in total. The Morgan fingerprint density at radius 2 is 2.27 bits per heavy atom. The van der Waals surface area contributed by atoms with Gasteiger partial charge in [-0.25, -0.2) is 0 Å². The summed E-state index contributed by atoms with van der Waals surface area (Å²) < 4.78 is 5.18. The second-order valence-electron chi connectivity index (χ2n) is 4.77. The van der Waals surface area contributed by atoms with E-state index < -0.39 is 4.92 Å². The van der Waals surface area contributed by atoms with Gasteiger partial charge in [0.1, 0.15) is 5.76 Å². The smallest absolute Gasteiger partial charge is 0.353 e. The van der Waals surface area contributed by atoms with Gasteiger partial charge >= 0.3 is 5.69 Å². The van der Waals surface area contributed by atoms with E-state index in [9.17, 15) is 10.1 Å². The molecule has 0 aliphatic carbocycles. The van der Waals surface area contributed by atoms with Crippen LogP contribution < -0.4 is 16.4 Å². The van der Waals surface area contributed by atoms with E-state index in [-0.39, 0.29) is 35.9 Å². The van der Waals surface area contributed by atoms with Crippen LogP contribution in [0.25, 0.3) is 0 Å². The Morgan fingerprint density at radius 1 is 1.50 bits per heavy atom. The van der Waals surface area contributed by atoms with Gasteiger partial charge in [0.2, 0.25) is 17.6 Å². The lowest BCUT2D eigenvalue weighted by atomic mass is 10.3. The highest BCUT2D eigenvalue weighted by Crippen LogP contribution is 2.29. The van der Waals surface area contributed by atoms with Crippen molar-refractivity contribution in [1.82, 2.24) is 9.97 Å². The Labute approximate surface area is 127 Å². The van der Waals surface area contributed by atoms with E-state index >= 15 is 0 Å². The van der Waals surface area contributed by atoms with Crippen molar-refractivity contribution in [2.75, 3.05) is 16.4 Å². The lowest BCUT2D eigenvalue weighted by Crippen LogP contribution is -2.18. The molecule has 9 heteroatoms. The molecule has 0 fully saturated rings. The second-order valence-corrected chi connectivity index (χ2v) is 4.77. The Hall–Kier alpha value is -2.84. The van der Waals surface area contributed by atoms with Crippen LogP contribution in [-0.2, 0) is 6.54 Å². The molecule has 0 aromatic carbocycles. The molecule has 0 aliphatic rings. The summed E-state index contributed by atoms with van der Waals surface area (Å²) in [6, 6.07) is 3.61. The van der Waals surface area contributed by atoms with Gasteiger partial charge in [-0.05, 0) is 25.5 Å². The van der Waals surface area contributed by atoms with E-state index in [1.165, 1.54) is 6.26 Å². The number of nitro groups is 1. The number of nitrogens with two attached hydrogens (primary N) is 1. The minimum atomic E-state index is -0.604. The molecule has 2 aromatic rings. The maximum absolute atomic E-state index is 11.2. The molecule has 0 radical (unpaired) electrons. The summed E-state index contributed by atoms with van der Waals surface area (Å²) in [6.07, 6.45) is 2.38. The average Bonchev–Trinajstić information content (AvgIpc) is 2.97. The maximum atomic E-state index is 11.2. The number of nitrogens with one attached hydrogen (secondary N) is 2. The van der Waals surface area contributed by atoms with Crippen LogP contribution >= 0.6 is 0 Å². The highest BCUT2D eigenvalue weighted by molar-refractivity contribution is 5.69. The minimum Gasteiger partial charge on any atom is -0.467 e. The van der Waals surface area contributed by atoms with E-state index in [0.717, 1.165) is 6.42 Å². The van der Waals surface area contributed by atoms with Gasteiger partial charge in [-0.15, -0.1) is 0 Å². The van der Waals surface area contributed by atoms with Crippen molar-refractivity contribution in [3.05, 3.63) is 34.3 Å². The van der Waals surface area contributed by atoms with Gasteiger partial charge in [0.05, 0.1) is 17.7 Å². The number of hydrogen-bond donors (Lipinski definition) is 3. The van der Waals surface area contributed by atoms with Gasteiger partial charge < -0.3 is 20.8 Å². The molecular weight excluding hydrogens is 288 g/mol. The molecule has 2 rings (SSSR count). The van der Waals surface area contributed by atoms with Crippen LogP contribution in [0, 0.1) is 10.1 Å². The summed E-state index contributed by atoms with van der Waals surface area (Å²) in [6.45, 7) is 4.21. The van der Waals surface area contributed by atoms with Crippen LogP contribution in [0.4, 0.5) is 23.3 Å². The first-order valence-corrected chi connectivity index (χ1v) is 6.86. The van der Waals surface area contributed by atoms with Crippen LogP contribution in [-0.4, -0.2) is 20.9 Å². The number of anilines is 3. The highest BCUT2D eigenvalue weighted by Gasteiger charge is 2.23. The third-order valence-corrected chi connectivity index (χ3v) is 3.09. The lowest BCUT2D eigenvalue weighted by Gasteiger charge is -2.13. The van der Waals surface area contributed by atoms with Gasteiger partial charge in [0.25, 0.3) is 0 Å². The zero-order chi connectivity index (χ0) is 16.1. The molecule has 0 saturated carbocycles. The number of aromatic nitrogens is 2. The molecule has 22 heavy (non-hydrogen) atoms. The van der Waals surface area contributed by atoms with Gasteiger partial charge in [0.15, 0.2) is 0 Å². The fourth-order valence-electron chi connectivity index (χ4n) is 1.75. The zero-order valence-electron chi connectivity index (χ0n) is 12.4. The van der Waals surface area contributed by atoms with Crippen molar-refractivity contribution in [3.63, 3.8) is 0 Å². The zero-order valence-corrected chi connectivity index (χ0v) is 12.4. The number of rotatable bonds is 7. The molecule has 0 saturated heterocycles. The van der Waals surface area contributed by atoms with Gasteiger partial charge in [-0.3, -0.25) is 10.1 Å². The van der Waals surface area contributed by atoms with Crippen LogP contribution in [0.15, 0.2) is 22.8 Å². The Balaban J connectivity index is 2.28. The first-order chi connectivity index (χ1) is 10.5. The molecule has 2 aromatic heterocycles. The summed E-state index contributed by atoms with van der Waals surface area (Å²) in [5.74, 6) is 0.745. The average molecular weight is 306 g/mol. The monoisotopic (exact) mass is 306 g/mol. The van der Waals surface area contributed by atoms with Crippen molar-refractivity contribution in [1.29, 1.82) is 0 Å². The third-order valence-electron chi connectivity index (χ3n) is 3.09. The fraction of sp³-hybridized carbons (Fsp3) is 0.385. The summed E-state index contributed by atoms with van der Waals surface area (Å²) in [5, 5.41) is 17.1. The molecule has 0 bridgehead atoms. The van der Waals surface area contributed by atoms with Gasteiger partial charge in [-0.2, -0.15) is 9.97 Å². The summed E-state index contributed by atoms with van der Waals surface area (Å²) in [4.78, 5) is 18.6. The largest absolute Gasteiger partial charge is 0.467 e. The Morgan fingerprint density at radius 3 is 2.86 bits per heavy atom. The summed E-state index contributed by atoms with van der Waals surface area (Å²) >= 11 is 0. The van der Waals surface area contributed by atoms with E-state index in [2.05, 4.69) is 20.6 Å². The second kappa shape index (κ2) is 6.74. The fourth-order valence-corrected chi connectivity index (χ4v) is 1.75. The van der Waals surface area contributed by atoms with Crippen LogP contribution in [0.1, 0.15) is 26.0 Å². The lowest BCUT2D eigenvalue weighted by molar-refractivity contribution is -0.383. The standard InChI is InChI=1S/C13H18N6O3/c1-3-8(2)16-13-17-11(14)10(19(20)21)12(18-13)15-7-9-5-4-6-22-9/h4-6,8H,3,7H2,1-2H3,(H4,14,15,16,17,18). The highest BCUT2D eigenvalue weighted by atomic mass is 16.6. The van der Waals surface area contributed by atoms with Crippen LogP contribution in [0.2, 0.25) is 0 Å². The number of hydrogen-bond acceptors (Lipinski definition) is 8. The molecule has 2 heterocycles. The maximum Gasteiger partial charge on any atom is 0.353 e. The van der Waals surface area contributed by atoms with Crippen LogP contribution in [0.3, 0.4) is 0 Å². The number of nitrogen functional groups attached to an aromatic ring is 1. The Bertz CT molecular complexity index is 643. The quantitative estimate of drug-likeness (QED) is 0.524. The summed E-state index contributed by atoms with van der Waals surface area (Å²) in [7, 11) is 0. The first-order valence-electron chi connectivity index (χ1n) is 6.86. The predicted molar refractivity (Wildman–Crippen MR) is 82.5 cm³/mol. The predicted octanol–water partition coefficient (Wildman–Crippen LogP) is 2.38. The molecule has 4 N–H and O–H groups in total. The SMILES string of the molecule is CCC(C)Nc1nc(N)c([N+](=O)[O-])c(NCc2ccco2)n1. The molecular formula is C13H18N6O3. The van der Waals surface area contributed by atoms with Crippen LogP contribution in [0.5, 0.6) is 0 Å². The first kappa shape index (κ1) is 15.5. The van der Waals surface area contributed by atoms with E-state index in [4.69, 9.17) is 10.2 Å². The molecule has 1 unspecified atom stereocenters. The summed E-state index contributed by atoms with van der Waals surface area (Å²) in [5.41, 5.74) is 5.35. The van der Waals surface area contributed by atoms with Crippen molar-refractivity contribution in [2.24, 2.45) is 0 Å². The van der Waals surface area contributed by atoms with E-state index in [1.807, 2.05) is 13.8 Å².